The highest BCUT2D eigenvalue weighted by atomic mass is 16.5. The van der Waals surface area contributed by atoms with E-state index in [1.807, 2.05) is 60.7 Å². The molecule has 2 saturated carbocycles. The van der Waals surface area contributed by atoms with Crippen LogP contribution in [-0.4, -0.2) is 44.9 Å². The van der Waals surface area contributed by atoms with Gasteiger partial charge in [0.05, 0.1) is 29.0 Å². The minimum Gasteiger partial charge on any atom is -0.487 e. The summed E-state index contributed by atoms with van der Waals surface area (Å²) in [4.78, 5) is 32.1. The molecule has 1 amide bonds. The standard InChI is InChI=1S/C39H44N4O4/c44-35(25-41-34-24-39(19-9-10-20-39)47-36-18-7-6-16-30(34)36)33(22-27-12-2-1-3-13-27)42-37(45)28-23-31(32-17-8-11-21-40-32)38(46)43(26-28)29-14-4-5-15-29/h1-3,6-8,11-13,16-18,21,23,26,29,33-35,41,44H,4-5,9-10,14-15,19-20,22,24-25H2,(H,42,45)/t33-,34-,35+/m0/s1. The highest BCUT2D eigenvalue weighted by Crippen LogP contribution is 2.47. The lowest BCUT2D eigenvalue weighted by molar-refractivity contribution is 0.0327. The van der Waals surface area contributed by atoms with Crippen molar-refractivity contribution in [2.24, 2.45) is 0 Å². The van der Waals surface area contributed by atoms with Gasteiger partial charge in [-0.1, -0.05) is 67.4 Å². The number of nitrogens with zero attached hydrogens (tertiary/aromatic N) is 2. The third kappa shape index (κ3) is 6.90. The first-order valence-corrected chi connectivity index (χ1v) is 17.2. The van der Waals surface area contributed by atoms with E-state index in [9.17, 15) is 14.7 Å². The Morgan fingerprint density at radius 3 is 2.49 bits per heavy atom. The van der Waals surface area contributed by atoms with E-state index in [2.05, 4.69) is 21.7 Å². The highest BCUT2D eigenvalue weighted by Gasteiger charge is 2.43. The number of fused-ring (bicyclic) bond motifs is 1. The number of pyridine rings is 2. The molecule has 0 radical (unpaired) electrons. The number of aromatic nitrogens is 2. The number of aliphatic hydroxyl groups is 1. The minimum atomic E-state index is -0.871. The van der Waals surface area contributed by atoms with Crippen LogP contribution in [0.1, 0.15) is 91.4 Å². The maximum atomic E-state index is 14.1. The number of hydrogen-bond acceptors (Lipinski definition) is 6. The fourth-order valence-corrected chi connectivity index (χ4v) is 7.82. The van der Waals surface area contributed by atoms with Gasteiger partial charge in [-0.3, -0.25) is 14.6 Å². The second-order valence-corrected chi connectivity index (χ2v) is 13.5. The van der Waals surface area contributed by atoms with Crippen LogP contribution in [-0.2, 0) is 6.42 Å². The quantitative estimate of drug-likeness (QED) is 0.194. The van der Waals surface area contributed by atoms with E-state index < -0.39 is 12.1 Å². The average molecular weight is 633 g/mol. The number of hydrogen-bond donors (Lipinski definition) is 3. The Hall–Kier alpha value is -4.27. The highest BCUT2D eigenvalue weighted by molar-refractivity contribution is 5.95. The first kappa shape index (κ1) is 31.3. The van der Waals surface area contributed by atoms with Crippen molar-refractivity contribution in [3.05, 3.63) is 118 Å². The van der Waals surface area contributed by atoms with Crippen LogP contribution >= 0.6 is 0 Å². The minimum absolute atomic E-state index is 0.0386. The Balaban J connectivity index is 1.14. The van der Waals surface area contributed by atoms with Crippen molar-refractivity contribution in [2.45, 2.75) is 94.0 Å². The van der Waals surface area contributed by atoms with Crippen LogP contribution in [0.2, 0.25) is 0 Å². The Morgan fingerprint density at radius 2 is 1.72 bits per heavy atom. The summed E-state index contributed by atoms with van der Waals surface area (Å²) < 4.78 is 8.29. The zero-order valence-electron chi connectivity index (χ0n) is 26.8. The fourth-order valence-electron chi connectivity index (χ4n) is 7.82. The van der Waals surface area contributed by atoms with E-state index in [1.54, 1.807) is 29.1 Å². The molecule has 3 aliphatic rings. The van der Waals surface area contributed by atoms with Crippen molar-refractivity contribution < 1.29 is 14.6 Å². The molecule has 2 aromatic heterocycles. The number of carbonyl (C=O) groups is 1. The molecule has 4 aromatic rings. The summed E-state index contributed by atoms with van der Waals surface area (Å²) in [6, 6.07) is 24.7. The molecule has 2 aromatic carbocycles. The van der Waals surface area contributed by atoms with Gasteiger partial charge in [0.2, 0.25) is 0 Å². The summed E-state index contributed by atoms with van der Waals surface area (Å²) >= 11 is 0. The average Bonchev–Trinajstić information content (AvgIpc) is 3.81. The van der Waals surface area contributed by atoms with Gasteiger partial charge in [-0.25, -0.2) is 0 Å². The van der Waals surface area contributed by atoms with Crippen molar-refractivity contribution in [1.82, 2.24) is 20.2 Å². The molecule has 2 fully saturated rings. The maximum absolute atomic E-state index is 14.1. The van der Waals surface area contributed by atoms with Crippen LogP contribution in [0.25, 0.3) is 11.3 Å². The van der Waals surface area contributed by atoms with Crippen molar-refractivity contribution in [2.75, 3.05) is 6.54 Å². The monoisotopic (exact) mass is 632 g/mol. The van der Waals surface area contributed by atoms with Crippen molar-refractivity contribution in [3.8, 4) is 17.0 Å². The number of ether oxygens (including phenoxy) is 1. The van der Waals surface area contributed by atoms with Crippen molar-refractivity contribution in [3.63, 3.8) is 0 Å². The van der Waals surface area contributed by atoms with E-state index in [0.29, 0.717) is 29.8 Å². The van der Waals surface area contributed by atoms with Crippen LogP contribution in [0.4, 0.5) is 0 Å². The van der Waals surface area contributed by atoms with Gasteiger partial charge in [0.25, 0.3) is 11.5 Å². The molecule has 3 N–H and O–H groups in total. The first-order valence-electron chi connectivity index (χ1n) is 17.2. The first-order chi connectivity index (χ1) is 23.0. The van der Waals surface area contributed by atoms with Gasteiger partial charge in [-0.15, -0.1) is 0 Å². The molecule has 1 spiro atoms. The van der Waals surface area contributed by atoms with E-state index in [4.69, 9.17) is 4.74 Å². The van der Waals surface area contributed by atoms with Crippen molar-refractivity contribution >= 4 is 5.91 Å². The van der Waals surface area contributed by atoms with Crippen LogP contribution in [0.3, 0.4) is 0 Å². The third-order valence-corrected chi connectivity index (χ3v) is 10.3. The van der Waals surface area contributed by atoms with E-state index in [0.717, 1.165) is 61.8 Å². The predicted molar refractivity (Wildman–Crippen MR) is 182 cm³/mol. The summed E-state index contributed by atoms with van der Waals surface area (Å²) in [5, 5.41) is 18.6. The normalized spacial score (nSPS) is 20.0. The lowest BCUT2D eigenvalue weighted by Gasteiger charge is -2.40. The molecule has 2 aliphatic carbocycles. The fraction of sp³-hybridized carbons (Fsp3) is 0.410. The number of amides is 1. The molecule has 8 heteroatoms. The van der Waals surface area contributed by atoms with E-state index in [-0.39, 0.29) is 29.2 Å². The molecule has 47 heavy (non-hydrogen) atoms. The molecular weight excluding hydrogens is 588 g/mol. The molecule has 8 nitrogen and oxygen atoms in total. The zero-order chi connectivity index (χ0) is 32.2. The summed E-state index contributed by atoms with van der Waals surface area (Å²) in [5.74, 6) is 0.595. The smallest absolute Gasteiger partial charge is 0.260 e. The number of carbonyl (C=O) groups excluding carboxylic acids is 1. The van der Waals surface area contributed by atoms with Crippen LogP contribution in [0.5, 0.6) is 5.75 Å². The summed E-state index contributed by atoms with van der Waals surface area (Å²) in [6.45, 7) is 0.299. The Morgan fingerprint density at radius 1 is 0.979 bits per heavy atom. The molecule has 0 saturated heterocycles. The summed E-state index contributed by atoms with van der Waals surface area (Å²) in [6.07, 6.45) is 12.1. The molecular formula is C39H44N4O4. The van der Waals surface area contributed by atoms with Gasteiger partial charge < -0.3 is 25.0 Å². The van der Waals surface area contributed by atoms with E-state index in [1.165, 1.54) is 12.8 Å². The second kappa shape index (κ2) is 13.8. The summed E-state index contributed by atoms with van der Waals surface area (Å²) in [5.41, 5.74) is 3.17. The number of aliphatic hydroxyl groups excluding tert-OH is 1. The Bertz CT molecular complexity index is 1730. The molecule has 0 unspecified atom stereocenters. The van der Waals surface area contributed by atoms with Crippen molar-refractivity contribution in [1.29, 1.82) is 0 Å². The van der Waals surface area contributed by atoms with Gasteiger partial charge in [0, 0.05) is 43.0 Å². The van der Waals surface area contributed by atoms with E-state index >= 15 is 0 Å². The third-order valence-electron chi connectivity index (χ3n) is 10.3. The Labute approximate surface area is 276 Å². The molecule has 1 aliphatic heterocycles. The van der Waals surface area contributed by atoms with Gasteiger partial charge in [0.15, 0.2) is 0 Å². The predicted octanol–water partition coefficient (Wildman–Crippen LogP) is 6.15. The lowest BCUT2D eigenvalue weighted by Crippen LogP contribution is -2.50. The number of benzene rings is 2. The van der Waals surface area contributed by atoms with Crippen LogP contribution < -0.4 is 20.9 Å². The second-order valence-electron chi connectivity index (χ2n) is 13.5. The number of para-hydroxylation sites is 1. The molecule has 3 heterocycles. The topological polar surface area (TPSA) is 105 Å². The summed E-state index contributed by atoms with van der Waals surface area (Å²) in [7, 11) is 0. The number of rotatable bonds is 10. The molecule has 7 rings (SSSR count). The SMILES string of the molecule is O=C(N[C@@H](Cc1ccccc1)[C@H](O)CN[C@H]1CC2(CCCC2)Oc2ccccc21)c1cc(-c2ccccn2)c(=O)n(C2CCCC2)c1. The zero-order valence-corrected chi connectivity index (χ0v) is 26.8. The van der Waals surface area contributed by atoms with Gasteiger partial charge in [0.1, 0.15) is 11.4 Å². The molecule has 3 atom stereocenters. The molecule has 0 bridgehead atoms. The van der Waals surface area contributed by atoms with Gasteiger partial charge >= 0.3 is 0 Å². The Kier molecular flexibility index (Phi) is 9.23. The van der Waals surface area contributed by atoms with Crippen LogP contribution in [0, 0.1) is 0 Å². The number of nitrogens with one attached hydrogen (secondary N) is 2. The largest absolute Gasteiger partial charge is 0.487 e. The molecule has 244 valence electrons. The van der Waals surface area contributed by atoms with Crippen LogP contribution in [0.15, 0.2) is 96.1 Å². The lowest BCUT2D eigenvalue weighted by atomic mass is 9.85. The van der Waals surface area contributed by atoms with Gasteiger partial charge in [-0.05, 0) is 74.8 Å². The maximum Gasteiger partial charge on any atom is 0.260 e. The van der Waals surface area contributed by atoms with Gasteiger partial charge in [-0.2, -0.15) is 0 Å².